The lowest BCUT2D eigenvalue weighted by atomic mass is 10.1. The molecule has 2 saturated heterocycles. The Balaban J connectivity index is 1.32. The molecule has 2 N–H and O–H groups in total. The summed E-state index contributed by atoms with van der Waals surface area (Å²) in [6, 6.07) is 11.0. The average molecular weight is 419 g/mol. The van der Waals surface area contributed by atoms with Gasteiger partial charge in [-0.25, -0.2) is 0 Å². The van der Waals surface area contributed by atoms with Crippen LogP contribution in [-0.2, 0) is 6.18 Å². The highest BCUT2D eigenvalue weighted by atomic mass is 19.4. The number of rotatable bonds is 3. The molecule has 0 bridgehead atoms. The van der Waals surface area contributed by atoms with E-state index < -0.39 is 17.6 Å². The number of alkyl halides is 3. The molecule has 1 aromatic heterocycles. The number of pyridine rings is 1. The first-order valence-electron chi connectivity index (χ1n) is 10.0. The summed E-state index contributed by atoms with van der Waals surface area (Å²) >= 11 is 0. The number of hydrogen-bond donors (Lipinski definition) is 2. The normalized spacial score (nSPS) is 23.4. The van der Waals surface area contributed by atoms with Crippen LogP contribution in [0, 0.1) is 0 Å². The van der Waals surface area contributed by atoms with E-state index in [9.17, 15) is 18.0 Å². The fourth-order valence-corrected chi connectivity index (χ4v) is 4.03. The van der Waals surface area contributed by atoms with Gasteiger partial charge in [0, 0.05) is 45.5 Å². The number of carbonyl (C=O) groups is 1. The second-order valence-corrected chi connectivity index (χ2v) is 7.51. The first kappa shape index (κ1) is 20.8. The summed E-state index contributed by atoms with van der Waals surface area (Å²) in [4.78, 5) is 20.8. The number of halogens is 3. The van der Waals surface area contributed by atoms with Gasteiger partial charge in [-0.05, 0) is 24.3 Å². The zero-order valence-corrected chi connectivity index (χ0v) is 16.4. The predicted octanol–water partition coefficient (Wildman–Crippen LogP) is 2.12. The van der Waals surface area contributed by atoms with Crippen LogP contribution in [0.3, 0.4) is 0 Å². The van der Waals surface area contributed by atoms with Crippen molar-refractivity contribution < 1.29 is 18.0 Å². The number of amides is 1. The molecule has 3 heterocycles. The SMILES string of the molecule is O=C(c1ccccc1C(F)(F)F)N1CCN(C2CNC(c3ccccn3)CN2)CC1. The Bertz CT molecular complexity index is 860. The van der Waals surface area contributed by atoms with Gasteiger partial charge in [0.2, 0.25) is 0 Å². The van der Waals surface area contributed by atoms with Crippen LogP contribution in [0.1, 0.15) is 27.7 Å². The molecule has 6 nitrogen and oxygen atoms in total. The van der Waals surface area contributed by atoms with E-state index in [1.165, 1.54) is 23.1 Å². The smallest absolute Gasteiger partial charge is 0.336 e. The van der Waals surface area contributed by atoms with E-state index in [0.29, 0.717) is 26.2 Å². The molecular weight excluding hydrogens is 395 g/mol. The molecular formula is C21H24F3N5O. The first-order valence-corrected chi connectivity index (χ1v) is 10.0. The Morgan fingerprint density at radius 1 is 0.967 bits per heavy atom. The van der Waals surface area contributed by atoms with Crippen LogP contribution >= 0.6 is 0 Å². The van der Waals surface area contributed by atoms with Crippen LogP contribution < -0.4 is 10.6 Å². The number of nitrogens with zero attached hydrogens (tertiary/aromatic N) is 3. The second-order valence-electron chi connectivity index (χ2n) is 7.51. The highest BCUT2D eigenvalue weighted by Crippen LogP contribution is 2.32. The summed E-state index contributed by atoms with van der Waals surface area (Å²) < 4.78 is 39.7. The molecule has 2 fully saturated rings. The second kappa shape index (κ2) is 8.71. The van der Waals surface area contributed by atoms with Crippen molar-refractivity contribution in [3.63, 3.8) is 0 Å². The number of carbonyl (C=O) groups excluding carboxylic acids is 1. The van der Waals surface area contributed by atoms with Gasteiger partial charge in [0.1, 0.15) is 0 Å². The lowest BCUT2D eigenvalue weighted by Gasteiger charge is -2.42. The molecule has 2 atom stereocenters. The number of benzene rings is 1. The fourth-order valence-electron chi connectivity index (χ4n) is 4.03. The Kier molecular flexibility index (Phi) is 6.03. The lowest BCUT2D eigenvalue weighted by Crippen LogP contribution is -2.62. The van der Waals surface area contributed by atoms with Crippen molar-refractivity contribution in [1.29, 1.82) is 0 Å². The van der Waals surface area contributed by atoms with Gasteiger partial charge in [0.05, 0.1) is 29.0 Å². The molecule has 0 radical (unpaired) electrons. The minimum atomic E-state index is -4.55. The standard InChI is InChI=1S/C21H24F3N5O/c22-21(23,24)16-6-2-1-5-15(16)20(30)29-11-9-28(10-12-29)19-14-26-18(13-27-19)17-7-3-4-8-25-17/h1-8,18-19,26-27H,9-14H2. The molecule has 30 heavy (non-hydrogen) atoms. The Hall–Kier alpha value is -2.49. The minimum absolute atomic E-state index is 0.115. The van der Waals surface area contributed by atoms with Crippen molar-refractivity contribution in [3.8, 4) is 0 Å². The molecule has 160 valence electrons. The molecule has 0 saturated carbocycles. The molecule has 4 rings (SSSR count). The third kappa shape index (κ3) is 4.48. The topological polar surface area (TPSA) is 60.5 Å². The molecule has 2 aliphatic rings. The zero-order valence-electron chi connectivity index (χ0n) is 16.4. The maximum atomic E-state index is 13.2. The maximum absolute atomic E-state index is 13.2. The Morgan fingerprint density at radius 3 is 2.33 bits per heavy atom. The third-order valence-corrected chi connectivity index (χ3v) is 5.67. The summed E-state index contributed by atoms with van der Waals surface area (Å²) in [6.07, 6.45) is -2.66. The van der Waals surface area contributed by atoms with Gasteiger partial charge < -0.3 is 10.2 Å². The average Bonchev–Trinajstić information content (AvgIpc) is 2.79. The summed E-state index contributed by atoms with van der Waals surface area (Å²) in [5.41, 5.74) is -0.174. The largest absolute Gasteiger partial charge is 0.417 e. The van der Waals surface area contributed by atoms with Gasteiger partial charge in [-0.15, -0.1) is 0 Å². The monoisotopic (exact) mass is 419 g/mol. The molecule has 9 heteroatoms. The quantitative estimate of drug-likeness (QED) is 0.798. The molecule has 2 aromatic rings. The molecule has 2 unspecified atom stereocenters. The van der Waals surface area contributed by atoms with E-state index in [2.05, 4.69) is 20.5 Å². The van der Waals surface area contributed by atoms with Crippen molar-refractivity contribution in [2.75, 3.05) is 39.3 Å². The number of nitrogens with one attached hydrogen (secondary N) is 2. The first-order chi connectivity index (χ1) is 14.4. The van der Waals surface area contributed by atoms with E-state index in [1.54, 1.807) is 6.20 Å². The van der Waals surface area contributed by atoms with Crippen molar-refractivity contribution in [2.45, 2.75) is 18.4 Å². The molecule has 0 spiro atoms. The zero-order chi connectivity index (χ0) is 21.1. The Labute approximate surface area is 173 Å². The molecule has 0 aliphatic carbocycles. The van der Waals surface area contributed by atoms with E-state index in [1.807, 2.05) is 18.2 Å². The lowest BCUT2D eigenvalue weighted by molar-refractivity contribution is -0.138. The van der Waals surface area contributed by atoms with E-state index in [0.717, 1.165) is 24.8 Å². The Morgan fingerprint density at radius 2 is 1.70 bits per heavy atom. The van der Waals surface area contributed by atoms with E-state index in [4.69, 9.17) is 0 Å². The van der Waals surface area contributed by atoms with Crippen molar-refractivity contribution >= 4 is 5.91 Å². The van der Waals surface area contributed by atoms with Crippen LogP contribution in [0.15, 0.2) is 48.7 Å². The predicted molar refractivity (Wildman–Crippen MR) is 106 cm³/mol. The summed E-state index contributed by atoms with van der Waals surface area (Å²) in [7, 11) is 0. The van der Waals surface area contributed by atoms with Crippen molar-refractivity contribution in [2.24, 2.45) is 0 Å². The van der Waals surface area contributed by atoms with Crippen LogP contribution in [0.2, 0.25) is 0 Å². The van der Waals surface area contributed by atoms with Gasteiger partial charge in [-0.1, -0.05) is 18.2 Å². The van der Waals surface area contributed by atoms with E-state index in [-0.39, 0.29) is 17.8 Å². The summed E-state index contributed by atoms with van der Waals surface area (Å²) in [5, 5.41) is 7.01. The van der Waals surface area contributed by atoms with Crippen LogP contribution in [-0.4, -0.2) is 66.1 Å². The summed E-state index contributed by atoms with van der Waals surface area (Å²) in [5.74, 6) is -0.562. The van der Waals surface area contributed by atoms with Crippen LogP contribution in [0.5, 0.6) is 0 Å². The number of aromatic nitrogens is 1. The third-order valence-electron chi connectivity index (χ3n) is 5.67. The van der Waals surface area contributed by atoms with Gasteiger partial charge in [0.15, 0.2) is 0 Å². The number of piperazine rings is 2. The molecule has 1 aromatic carbocycles. The number of hydrogen-bond acceptors (Lipinski definition) is 5. The summed E-state index contributed by atoms with van der Waals surface area (Å²) in [6.45, 7) is 3.46. The van der Waals surface area contributed by atoms with E-state index >= 15 is 0 Å². The maximum Gasteiger partial charge on any atom is 0.417 e. The van der Waals surface area contributed by atoms with Gasteiger partial charge >= 0.3 is 6.18 Å². The van der Waals surface area contributed by atoms with Gasteiger partial charge in [-0.2, -0.15) is 13.2 Å². The highest BCUT2D eigenvalue weighted by Gasteiger charge is 2.37. The minimum Gasteiger partial charge on any atom is -0.336 e. The van der Waals surface area contributed by atoms with Crippen LogP contribution in [0.25, 0.3) is 0 Å². The molecule has 1 amide bonds. The fraction of sp³-hybridized carbons (Fsp3) is 0.429. The van der Waals surface area contributed by atoms with Gasteiger partial charge in [-0.3, -0.25) is 20.0 Å². The molecule has 2 aliphatic heterocycles. The van der Waals surface area contributed by atoms with Gasteiger partial charge in [0.25, 0.3) is 5.91 Å². The highest BCUT2D eigenvalue weighted by molar-refractivity contribution is 5.96. The van der Waals surface area contributed by atoms with Crippen molar-refractivity contribution in [3.05, 3.63) is 65.5 Å². The van der Waals surface area contributed by atoms with Crippen molar-refractivity contribution in [1.82, 2.24) is 25.4 Å². The van der Waals surface area contributed by atoms with Crippen LogP contribution in [0.4, 0.5) is 13.2 Å².